The Labute approximate surface area is 63.8 Å². The predicted octanol–water partition coefficient (Wildman–Crippen LogP) is 0.547. The monoisotopic (exact) mass is 149 g/mol. The maximum Gasteiger partial charge on any atom is 0.221 e. The van der Waals surface area contributed by atoms with Crippen LogP contribution in [0.15, 0.2) is 24.3 Å². The zero-order valence-corrected chi connectivity index (χ0v) is 5.78. The standard InChI is InChI=1S/C8H7NO2/c9-8-7(10)5-3-1-2-4-6(5)11-8/h1-4,8H,9H2. The van der Waals surface area contributed by atoms with Crippen LogP contribution in [-0.2, 0) is 0 Å². The molecule has 1 aliphatic heterocycles. The number of carbonyl (C=O) groups excluding carboxylic acids is 1. The van der Waals surface area contributed by atoms with E-state index in [1.165, 1.54) is 0 Å². The van der Waals surface area contributed by atoms with Gasteiger partial charge in [-0.1, -0.05) is 12.1 Å². The molecule has 0 aromatic heterocycles. The highest BCUT2D eigenvalue weighted by Gasteiger charge is 2.28. The minimum Gasteiger partial charge on any atom is -0.467 e. The lowest BCUT2D eigenvalue weighted by atomic mass is 10.1. The number of benzene rings is 1. The Morgan fingerprint density at radius 3 is 2.82 bits per heavy atom. The second-order valence-electron chi connectivity index (χ2n) is 2.40. The molecular formula is C8H7NO2. The average molecular weight is 149 g/mol. The topological polar surface area (TPSA) is 52.3 Å². The van der Waals surface area contributed by atoms with Crippen molar-refractivity contribution >= 4 is 5.78 Å². The molecule has 1 unspecified atom stereocenters. The predicted molar refractivity (Wildman–Crippen MR) is 39.4 cm³/mol. The SMILES string of the molecule is NC1Oc2ccccc2C1=O. The number of nitrogens with two attached hydrogens (primary N) is 1. The summed E-state index contributed by atoms with van der Waals surface area (Å²) < 4.78 is 5.05. The number of ether oxygens (including phenoxy) is 1. The summed E-state index contributed by atoms with van der Waals surface area (Å²) in [4.78, 5) is 11.1. The number of rotatable bonds is 0. The summed E-state index contributed by atoms with van der Waals surface area (Å²) in [5, 5.41) is 0. The van der Waals surface area contributed by atoms with Crippen LogP contribution in [0, 0.1) is 0 Å². The number of hydrogen-bond acceptors (Lipinski definition) is 3. The van der Waals surface area contributed by atoms with Crippen molar-refractivity contribution in [2.75, 3.05) is 0 Å². The van der Waals surface area contributed by atoms with E-state index in [0.29, 0.717) is 11.3 Å². The highest BCUT2D eigenvalue weighted by molar-refractivity contribution is 6.04. The van der Waals surface area contributed by atoms with Crippen molar-refractivity contribution in [2.24, 2.45) is 5.73 Å². The minimum absolute atomic E-state index is 0.138. The highest BCUT2D eigenvalue weighted by Crippen LogP contribution is 2.25. The minimum atomic E-state index is -0.799. The fourth-order valence-electron chi connectivity index (χ4n) is 1.12. The summed E-state index contributed by atoms with van der Waals surface area (Å²) in [6.07, 6.45) is -0.799. The van der Waals surface area contributed by atoms with E-state index < -0.39 is 6.23 Å². The Morgan fingerprint density at radius 2 is 2.09 bits per heavy atom. The molecule has 3 heteroatoms. The molecule has 56 valence electrons. The van der Waals surface area contributed by atoms with Crippen LogP contribution in [0.2, 0.25) is 0 Å². The summed E-state index contributed by atoms with van der Waals surface area (Å²) in [6.45, 7) is 0. The zero-order chi connectivity index (χ0) is 7.84. The molecule has 0 spiro atoms. The normalized spacial score (nSPS) is 21.2. The molecule has 1 aliphatic rings. The first-order valence-corrected chi connectivity index (χ1v) is 3.34. The van der Waals surface area contributed by atoms with Crippen molar-refractivity contribution in [3.63, 3.8) is 0 Å². The van der Waals surface area contributed by atoms with Gasteiger partial charge in [0.15, 0.2) is 0 Å². The van der Waals surface area contributed by atoms with E-state index >= 15 is 0 Å². The number of hydrogen-bond donors (Lipinski definition) is 1. The third-order valence-electron chi connectivity index (χ3n) is 1.66. The second-order valence-corrected chi connectivity index (χ2v) is 2.40. The van der Waals surface area contributed by atoms with Crippen molar-refractivity contribution < 1.29 is 9.53 Å². The largest absolute Gasteiger partial charge is 0.467 e. The first kappa shape index (κ1) is 6.37. The quantitative estimate of drug-likeness (QED) is 0.586. The molecule has 0 saturated carbocycles. The Balaban J connectivity index is 2.55. The maximum atomic E-state index is 11.1. The molecule has 1 aromatic rings. The molecule has 0 bridgehead atoms. The molecule has 11 heavy (non-hydrogen) atoms. The van der Waals surface area contributed by atoms with Gasteiger partial charge in [-0.2, -0.15) is 0 Å². The Hall–Kier alpha value is -1.35. The molecule has 1 heterocycles. The third-order valence-corrected chi connectivity index (χ3v) is 1.66. The lowest BCUT2D eigenvalue weighted by Gasteiger charge is -1.99. The highest BCUT2D eigenvalue weighted by atomic mass is 16.5. The molecule has 3 nitrogen and oxygen atoms in total. The van der Waals surface area contributed by atoms with Crippen LogP contribution in [0.25, 0.3) is 0 Å². The number of ketones is 1. The van der Waals surface area contributed by atoms with Crippen LogP contribution in [0.3, 0.4) is 0 Å². The van der Waals surface area contributed by atoms with Crippen molar-refractivity contribution in [1.82, 2.24) is 0 Å². The fourth-order valence-corrected chi connectivity index (χ4v) is 1.12. The summed E-state index contributed by atoms with van der Waals surface area (Å²) in [5.74, 6) is 0.450. The van der Waals surface area contributed by atoms with E-state index in [9.17, 15) is 4.79 Å². The molecule has 0 saturated heterocycles. The summed E-state index contributed by atoms with van der Waals surface area (Å²) >= 11 is 0. The van der Waals surface area contributed by atoms with Gasteiger partial charge in [-0.15, -0.1) is 0 Å². The molecule has 0 aliphatic carbocycles. The molecule has 1 atom stereocenters. The van der Waals surface area contributed by atoms with Crippen molar-refractivity contribution in [2.45, 2.75) is 6.23 Å². The van der Waals surface area contributed by atoms with Crippen molar-refractivity contribution in [3.05, 3.63) is 29.8 Å². The Bertz CT molecular complexity index is 309. The van der Waals surface area contributed by atoms with Crippen molar-refractivity contribution in [1.29, 1.82) is 0 Å². The van der Waals surface area contributed by atoms with Gasteiger partial charge >= 0.3 is 0 Å². The van der Waals surface area contributed by atoms with Gasteiger partial charge in [-0.05, 0) is 12.1 Å². The van der Waals surface area contributed by atoms with Gasteiger partial charge in [0.1, 0.15) is 5.75 Å². The van der Waals surface area contributed by atoms with Crippen molar-refractivity contribution in [3.8, 4) is 5.75 Å². The summed E-state index contributed by atoms with van der Waals surface area (Å²) in [6, 6.07) is 7.05. The molecular weight excluding hydrogens is 142 g/mol. The lowest BCUT2D eigenvalue weighted by Crippen LogP contribution is -2.30. The second kappa shape index (κ2) is 2.07. The molecule has 0 fully saturated rings. The maximum absolute atomic E-state index is 11.1. The van der Waals surface area contributed by atoms with Crippen LogP contribution < -0.4 is 10.5 Å². The molecule has 1 aromatic carbocycles. The lowest BCUT2D eigenvalue weighted by molar-refractivity contribution is 0.0865. The molecule has 0 amide bonds. The van der Waals surface area contributed by atoms with Gasteiger partial charge in [0.05, 0.1) is 5.56 Å². The van der Waals surface area contributed by atoms with Crippen LogP contribution >= 0.6 is 0 Å². The first-order valence-electron chi connectivity index (χ1n) is 3.34. The van der Waals surface area contributed by atoms with E-state index in [1.807, 2.05) is 6.07 Å². The van der Waals surface area contributed by atoms with E-state index in [2.05, 4.69) is 0 Å². The number of Topliss-reactive ketones (excluding diaryl/α,β-unsaturated/α-hetero) is 1. The van der Waals surface area contributed by atoms with E-state index in [4.69, 9.17) is 10.5 Å². The molecule has 2 rings (SSSR count). The first-order chi connectivity index (χ1) is 5.29. The fraction of sp³-hybridized carbons (Fsp3) is 0.125. The van der Waals surface area contributed by atoms with Gasteiger partial charge in [0.2, 0.25) is 12.0 Å². The number of para-hydroxylation sites is 1. The Kier molecular flexibility index (Phi) is 1.20. The number of carbonyl (C=O) groups is 1. The van der Waals surface area contributed by atoms with E-state index in [-0.39, 0.29) is 5.78 Å². The average Bonchev–Trinajstić information content (AvgIpc) is 2.30. The third kappa shape index (κ3) is 0.816. The van der Waals surface area contributed by atoms with Gasteiger partial charge in [0, 0.05) is 0 Å². The van der Waals surface area contributed by atoms with E-state index in [0.717, 1.165) is 0 Å². The molecule has 2 N–H and O–H groups in total. The van der Waals surface area contributed by atoms with Crippen LogP contribution in [0.4, 0.5) is 0 Å². The van der Waals surface area contributed by atoms with E-state index in [1.54, 1.807) is 18.2 Å². The van der Waals surface area contributed by atoms with Crippen LogP contribution in [-0.4, -0.2) is 12.0 Å². The zero-order valence-electron chi connectivity index (χ0n) is 5.78. The summed E-state index contributed by atoms with van der Waals surface area (Å²) in [5.41, 5.74) is 5.94. The van der Waals surface area contributed by atoms with Gasteiger partial charge in [-0.25, -0.2) is 0 Å². The smallest absolute Gasteiger partial charge is 0.221 e. The van der Waals surface area contributed by atoms with Crippen LogP contribution in [0.5, 0.6) is 5.75 Å². The number of fused-ring (bicyclic) bond motifs is 1. The van der Waals surface area contributed by atoms with Gasteiger partial charge in [0.25, 0.3) is 0 Å². The van der Waals surface area contributed by atoms with Crippen LogP contribution in [0.1, 0.15) is 10.4 Å². The summed E-state index contributed by atoms with van der Waals surface area (Å²) in [7, 11) is 0. The molecule has 0 radical (unpaired) electrons. The van der Waals surface area contributed by atoms with Gasteiger partial charge in [-0.3, -0.25) is 10.5 Å². The van der Waals surface area contributed by atoms with Gasteiger partial charge < -0.3 is 4.74 Å². The Morgan fingerprint density at radius 1 is 1.36 bits per heavy atom.